The smallest absolute Gasteiger partial charge is 0.388 e. The number of hydrogen-bond donors (Lipinski definition) is 1. The second-order valence-corrected chi connectivity index (χ2v) is 5.17. The van der Waals surface area contributed by atoms with E-state index in [1.54, 1.807) is 0 Å². The van der Waals surface area contributed by atoms with E-state index in [0.29, 0.717) is 17.3 Å². The molecule has 0 bridgehead atoms. The third kappa shape index (κ3) is 3.48. The van der Waals surface area contributed by atoms with E-state index < -0.39 is 17.8 Å². The summed E-state index contributed by atoms with van der Waals surface area (Å²) in [7, 11) is 0. The SMILES string of the molecule is CCC(CC)C(O)c1ccc(Br)cc1C(F)(F)F. The van der Waals surface area contributed by atoms with Crippen molar-refractivity contribution in [3.8, 4) is 0 Å². The van der Waals surface area contributed by atoms with Crippen molar-refractivity contribution in [1.82, 2.24) is 0 Å². The minimum absolute atomic E-state index is 0.0422. The molecule has 5 heteroatoms. The molecule has 0 amide bonds. The van der Waals surface area contributed by atoms with Gasteiger partial charge in [-0.1, -0.05) is 48.7 Å². The lowest BCUT2D eigenvalue weighted by Gasteiger charge is -2.24. The molecule has 0 saturated carbocycles. The number of aliphatic hydroxyl groups excluding tert-OH is 1. The Balaban J connectivity index is 3.23. The Bertz CT molecular complexity index is 400. The van der Waals surface area contributed by atoms with E-state index in [4.69, 9.17) is 0 Å². The number of rotatable bonds is 4. The first-order chi connectivity index (χ1) is 8.31. The Morgan fingerprint density at radius 2 is 1.78 bits per heavy atom. The fraction of sp³-hybridized carbons (Fsp3) is 0.538. The molecule has 0 aliphatic carbocycles. The minimum atomic E-state index is -4.45. The van der Waals surface area contributed by atoms with Crippen LogP contribution in [0.1, 0.15) is 43.9 Å². The van der Waals surface area contributed by atoms with Gasteiger partial charge in [-0.2, -0.15) is 13.2 Å². The van der Waals surface area contributed by atoms with Crippen molar-refractivity contribution >= 4 is 15.9 Å². The zero-order chi connectivity index (χ0) is 13.9. The van der Waals surface area contributed by atoms with Gasteiger partial charge in [-0.3, -0.25) is 0 Å². The van der Waals surface area contributed by atoms with Crippen molar-refractivity contribution in [2.75, 3.05) is 0 Å². The zero-order valence-electron chi connectivity index (χ0n) is 10.3. The molecule has 0 saturated heterocycles. The van der Waals surface area contributed by atoms with E-state index >= 15 is 0 Å². The molecule has 1 N–H and O–H groups in total. The average Bonchev–Trinajstić information content (AvgIpc) is 2.29. The van der Waals surface area contributed by atoms with Gasteiger partial charge in [-0.25, -0.2) is 0 Å². The van der Waals surface area contributed by atoms with Crippen LogP contribution in [0.15, 0.2) is 22.7 Å². The molecule has 1 unspecified atom stereocenters. The monoisotopic (exact) mass is 324 g/mol. The summed E-state index contributed by atoms with van der Waals surface area (Å²) in [5, 5.41) is 10.1. The Morgan fingerprint density at radius 3 is 2.22 bits per heavy atom. The normalized spacial score (nSPS) is 14.0. The van der Waals surface area contributed by atoms with Crippen LogP contribution in [-0.4, -0.2) is 5.11 Å². The third-order valence-electron chi connectivity index (χ3n) is 3.13. The van der Waals surface area contributed by atoms with Crippen LogP contribution in [0.2, 0.25) is 0 Å². The molecule has 0 aliphatic rings. The van der Waals surface area contributed by atoms with Crippen molar-refractivity contribution in [1.29, 1.82) is 0 Å². The summed E-state index contributed by atoms with van der Waals surface area (Å²) in [5.41, 5.74) is -0.810. The van der Waals surface area contributed by atoms with E-state index in [2.05, 4.69) is 15.9 Å². The van der Waals surface area contributed by atoms with Gasteiger partial charge in [0.25, 0.3) is 0 Å². The molecule has 1 aromatic carbocycles. The average molecular weight is 325 g/mol. The first kappa shape index (κ1) is 15.5. The molecule has 0 heterocycles. The van der Waals surface area contributed by atoms with Crippen molar-refractivity contribution in [2.24, 2.45) is 5.92 Å². The highest BCUT2D eigenvalue weighted by molar-refractivity contribution is 9.10. The van der Waals surface area contributed by atoms with Crippen LogP contribution in [0, 0.1) is 5.92 Å². The summed E-state index contributed by atoms with van der Waals surface area (Å²) in [5.74, 6) is -0.160. The zero-order valence-corrected chi connectivity index (χ0v) is 11.8. The van der Waals surface area contributed by atoms with Crippen LogP contribution in [0.4, 0.5) is 13.2 Å². The molecule has 18 heavy (non-hydrogen) atoms. The van der Waals surface area contributed by atoms with Crippen LogP contribution in [-0.2, 0) is 6.18 Å². The minimum Gasteiger partial charge on any atom is -0.388 e. The Hall–Kier alpha value is -0.550. The lowest BCUT2D eigenvalue weighted by atomic mass is 9.89. The fourth-order valence-corrected chi connectivity index (χ4v) is 2.38. The van der Waals surface area contributed by atoms with Crippen LogP contribution < -0.4 is 0 Å². The summed E-state index contributed by atoms with van der Waals surface area (Å²) in [6.45, 7) is 3.73. The van der Waals surface area contributed by atoms with Gasteiger partial charge in [0, 0.05) is 4.47 Å². The Labute approximate surface area is 113 Å². The van der Waals surface area contributed by atoms with Gasteiger partial charge in [0.2, 0.25) is 0 Å². The van der Waals surface area contributed by atoms with Gasteiger partial charge >= 0.3 is 6.18 Å². The van der Waals surface area contributed by atoms with Gasteiger partial charge in [0.15, 0.2) is 0 Å². The van der Waals surface area contributed by atoms with Crippen LogP contribution in [0.5, 0.6) is 0 Å². The molecule has 0 fully saturated rings. The number of halogens is 4. The summed E-state index contributed by atoms with van der Waals surface area (Å²) < 4.78 is 39.1. The largest absolute Gasteiger partial charge is 0.416 e. The summed E-state index contributed by atoms with van der Waals surface area (Å²) in [4.78, 5) is 0. The molecule has 0 aromatic heterocycles. The lowest BCUT2D eigenvalue weighted by molar-refractivity contribution is -0.139. The summed E-state index contributed by atoms with van der Waals surface area (Å²) in [6.07, 6.45) is -4.24. The molecular formula is C13H16BrF3O. The predicted octanol–water partition coefficient (Wildman–Crippen LogP) is 4.94. The Morgan fingerprint density at radius 1 is 1.22 bits per heavy atom. The van der Waals surface area contributed by atoms with Gasteiger partial charge in [-0.15, -0.1) is 0 Å². The van der Waals surface area contributed by atoms with Gasteiger partial charge in [0.05, 0.1) is 11.7 Å². The quantitative estimate of drug-likeness (QED) is 0.831. The van der Waals surface area contributed by atoms with Crippen molar-refractivity contribution < 1.29 is 18.3 Å². The highest BCUT2D eigenvalue weighted by Crippen LogP contribution is 2.39. The van der Waals surface area contributed by atoms with E-state index in [1.165, 1.54) is 12.1 Å². The number of hydrogen-bond acceptors (Lipinski definition) is 1. The Kier molecular flexibility index (Phi) is 5.22. The second-order valence-electron chi connectivity index (χ2n) is 4.25. The summed E-state index contributed by atoms with van der Waals surface area (Å²) >= 11 is 3.03. The highest BCUT2D eigenvalue weighted by Gasteiger charge is 2.36. The van der Waals surface area contributed by atoms with Gasteiger partial charge in [-0.05, 0) is 23.6 Å². The van der Waals surface area contributed by atoms with E-state index in [0.717, 1.165) is 6.07 Å². The highest BCUT2D eigenvalue weighted by atomic mass is 79.9. The van der Waals surface area contributed by atoms with Crippen molar-refractivity contribution in [3.63, 3.8) is 0 Å². The summed E-state index contributed by atoms with van der Waals surface area (Å²) in [6, 6.07) is 3.88. The molecule has 102 valence electrons. The third-order valence-corrected chi connectivity index (χ3v) is 3.63. The van der Waals surface area contributed by atoms with Crippen LogP contribution in [0.25, 0.3) is 0 Å². The fourth-order valence-electron chi connectivity index (χ4n) is 2.02. The molecule has 0 spiro atoms. The predicted molar refractivity (Wildman–Crippen MR) is 68.2 cm³/mol. The first-order valence-electron chi connectivity index (χ1n) is 5.85. The van der Waals surface area contributed by atoms with Gasteiger partial charge < -0.3 is 5.11 Å². The van der Waals surface area contributed by atoms with Crippen LogP contribution in [0.3, 0.4) is 0 Å². The number of aliphatic hydroxyl groups is 1. The molecule has 1 nitrogen and oxygen atoms in total. The van der Waals surface area contributed by atoms with E-state index in [-0.39, 0.29) is 11.5 Å². The molecule has 1 rings (SSSR count). The number of benzene rings is 1. The topological polar surface area (TPSA) is 20.2 Å². The van der Waals surface area contributed by atoms with E-state index in [1.807, 2.05) is 13.8 Å². The maximum atomic E-state index is 12.9. The van der Waals surface area contributed by atoms with Crippen molar-refractivity contribution in [2.45, 2.75) is 39.0 Å². The molecule has 1 aromatic rings. The first-order valence-corrected chi connectivity index (χ1v) is 6.65. The molecule has 0 aliphatic heterocycles. The lowest BCUT2D eigenvalue weighted by Crippen LogP contribution is -2.17. The molecule has 0 radical (unpaired) electrons. The van der Waals surface area contributed by atoms with Crippen molar-refractivity contribution in [3.05, 3.63) is 33.8 Å². The molecular weight excluding hydrogens is 309 g/mol. The van der Waals surface area contributed by atoms with Gasteiger partial charge in [0.1, 0.15) is 0 Å². The van der Waals surface area contributed by atoms with E-state index in [9.17, 15) is 18.3 Å². The standard InChI is InChI=1S/C13H16BrF3O/c1-3-8(4-2)12(18)10-6-5-9(14)7-11(10)13(15,16)17/h5-8,12,18H,3-4H2,1-2H3. The van der Waals surface area contributed by atoms with Crippen LogP contribution >= 0.6 is 15.9 Å². The molecule has 1 atom stereocenters. The number of alkyl halides is 3. The second kappa shape index (κ2) is 6.06. The maximum absolute atomic E-state index is 12.9. The maximum Gasteiger partial charge on any atom is 0.416 e.